The number of amides is 1. The number of carbonyl (C=O) groups excluding carboxylic acids is 2. The van der Waals surface area contributed by atoms with Crippen molar-refractivity contribution in [1.82, 2.24) is 5.43 Å². The molecule has 186 valence electrons. The fourth-order valence-corrected chi connectivity index (χ4v) is 4.27. The van der Waals surface area contributed by atoms with Gasteiger partial charge in [0.25, 0.3) is 15.9 Å². The molecule has 0 radical (unpaired) electrons. The Morgan fingerprint density at radius 3 is 2.08 bits per heavy atom. The van der Waals surface area contributed by atoms with E-state index in [1.807, 2.05) is 13.0 Å². The maximum absolute atomic E-state index is 12.5. The van der Waals surface area contributed by atoms with Gasteiger partial charge in [0.2, 0.25) is 0 Å². The van der Waals surface area contributed by atoms with E-state index < -0.39 is 21.9 Å². The Labute approximate surface area is 214 Å². The van der Waals surface area contributed by atoms with Gasteiger partial charge in [-0.2, -0.15) is 5.10 Å². The highest BCUT2D eigenvalue weighted by atomic mass is 32.2. The molecule has 0 aliphatic carbocycles. The summed E-state index contributed by atoms with van der Waals surface area (Å²) < 4.78 is 32.8. The summed E-state index contributed by atoms with van der Waals surface area (Å²) in [5, 5.41) is 3.94. The lowest BCUT2D eigenvalue weighted by molar-refractivity contribution is 0.0734. The van der Waals surface area contributed by atoms with Crippen LogP contribution in [0, 0.1) is 6.92 Å². The summed E-state index contributed by atoms with van der Waals surface area (Å²) in [6.07, 6.45) is 1.45. The van der Waals surface area contributed by atoms with Gasteiger partial charge in [0.15, 0.2) is 0 Å². The van der Waals surface area contributed by atoms with Gasteiger partial charge in [0, 0.05) is 11.3 Å². The largest absolute Gasteiger partial charge is 0.423 e. The van der Waals surface area contributed by atoms with Gasteiger partial charge >= 0.3 is 5.97 Å². The number of benzene rings is 4. The van der Waals surface area contributed by atoms with Crippen molar-refractivity contribution >= 4 is 33.8 Å². The predicted octanol–water partition coefficient (Wildman–Crippen LogP) is 4.78. The molecule has 4 aromatic carbocycles. The van der Waals surface area contributed by atoms with E-state index in [2.05, 4.69) is 15.2 Å². The molecule has 0 saturated carbocycles. The molecule has 4 aromatic rings. The second kappa shape index (κ2) is 11.3. The van der Waals surface area contributed by atoms with Crippen molar-refractivity contribution in [3.63, 3.8) is 0 Å². The first-order valence-electron chi connectivity index (χ1n) is 11.2. The minimum atomic E-state index is -3.73. The molecular weight excluding hydrogens is 490 g/mol. The minimum absolute atomic E-state index is 0.150. The van der Waals surface area contributed by atoms with Crippen LogP contribution in [-0.4, -0.2) is 26.5 Å². The van der Waals surface area contributed by atoms with Crippen LogP contribution < -0.4 is 14.9 Å². The molecule has 0 unspecified atom stereocenters. The summed E-state index contributed by atoms with van der Waals surface area (Å²) in [4.78, 5) is 24.6. The Hall–Kier alpha value is -4.76. The number of sulfonamides is 1. The molecule has 37 heavy (non-hydrogen) atoms. The number of aryl methyl sites for hydroxylation is 1. The smallest absolute Gasteiger partial charge is 0.343 e. The molecule has 0 spiro atoms. The standard InChI is InChI=1S/C28H23N3O5S/c1-20-7-17-26(18-8-20)37(34,35)31-24-13-11-22(12-14-24)27(32)30-29-19-21-9-15-25(16-10-21)36-28(33)23-5-3-2-4-6-23/h2-19,31H,1H3,(H,30,32)/b29-19-. The van der Waals surface area contributed by atoms with E-state index in [1.54, 1.807) is 60.7 Å². The van der Waals surface area contributed by atoms with Gasteiger partial charge in [-0.15, -0.1) is 0 Å². The van der Waals surface area contributed by atoms with Gasteiger partial charge in [0.1, 0.15) is 5.75 Å². The Kier molecular flexibility index (Phi) is 7.75. The van der Waals surface area contributed by atoms with Crippen molar-refractivity contribution in [2.24, 2.45) is 5.10 Å². The monoisotopic (exact) mass is 513 g/mol. The predicted molar refractivity (Wildman–Crippen MR) is 141 cm³/mol. The number of hydrazone groups is 1. The lowest BCUT2D eigenvalue weighted by Crippen LogP contribution is -2.18. The first kappa shape index (κ1) is 25.3. The van der Waals surface area contributed by atoms with Crippen LogP contribution in [0.1, 0.15) is 31.8 Å². The average Bonchev–Trinajstić information content (AvgIpc) is 2.90. The molecule has 0 heterocycles. The van der Waals surface area contributed by atoms with Crippen LogP contribution in [-0.2, 0) is 10.0 Å². The first-order valence-corrected chi connectivity index (χ1v) is 12.7. The van der Waals surface area contributed by atoms with E-state index >= 15 is 0 Å². The number of nitrogens with zero attached hydrogens (tertiary/aromatic N) is 1. The van der Waals surface area contributed by atoms with Crippen LogP contribution >= 0.6 is 0 Å². The summed E-state index contributed by atoms with van der Waals surface area (Å²) in [5.74, 6) is -0.533. The molecule has 0 aliphatic rings. The number of hydrogen-bond donors (Lipinski definition) is 2. The van der Waals surface area contributed by atoms with E-state index in [4.69, 9.17) is 4.74 Å². The van der Waals surface area contributed by atoms with Gasteiger partial charge in [-0.1, -0.05) is 35.9 Å². The van der Waals surface area contributed by atoms with Crippen molar-refractivity contribution in [3.8, 4) is 5.75 Å². The van der Waals surface area contributed by atoms with Crippen LogP contribution in [0.5, 0.6) is 5.75 Å². The van der Waals surface area contributed by atoms with Gasteiger partial charge in [-0.3, -0.25) is 9.52 Å². The maximum Gasteiger partial charge on any atom is 0.343 e. The fraction of sp³-hybridized carbons (Fsp3) is 0.0357. The molecular formula is C28H23N3O5S. The molecule has 8 nitrogen and oxygen atoms in total. The number of esters is 1. The van der Waals surface area contributed by atoms with Crippen LogP contribution in [0.25, 0.3) is 0 Å². The summed E-state index contributed by atoms with van der Waals surface area (Å²) in [6, 6.07) is 27.8. The van der Waals surface area contributed by atoms with Crippen molar-refractivity contribution in [3.05, 3.63) is 125 Å². The molecule has 0 aromatic heterocycles. The van der Waals surface area contributed by atoms with Crippen LogP contribution in [0.15, 0.2) is 113 Å². The zero-order valence-electron chi connectivity index (χ0n) is 19.8. The van der Waals surface area contributed by atoms with Crippen LogP contribution in [0.4, 0.5) is 5.69 Å². The van der Waals surface area contributed by atoms with E-state index in [-0.39, 0.29) is 4.90 Å². The Morgan fingerprint density at radius 2 is 1.43 bits per heavy atom. The van der Waals surface area contributed by atoms with E-state index in [0.29, 0.717) is 28.1 Å². The molecule has 4 rings (SSSR count). The Bertz CT molecular complexity index is 1520. The highest BCUT2D eigenvalue weighted by molar-refractivity contribution is 7.92. The SMILES string of the molecule is Cc1ccc(S(=O)(=O)Nc2ccc(C(=O)N/N=C\c3ccc(OC(=O)c4ccccc4)cc3)cc2)cc1. The van der Waals surface area contributed by atoms with Crippen LogP contribution in [0.3, 0.4) is 0 Å². The van der Waals surface area contributed by atoms with E-state index in [9.17, 15) is 18.0 Å². The van der Waals surface area contributed by atoms with Gasteiger partial charge in [-0.05, 0) is 85.3 Å². The fourth-order valence-electron chi connectivity index (χ4n) is 3.21. The highest BCUT2D eigenvalue weighted by Gasteiger charge is 2.14. The quantitative estimate of drug-likeness (QED) is 0.152. The molecule has 9 heteroatoms. The Balaban J connectivity index is 1.30. The number of carbonyl (C=O) groups is 2. The highest BCUT2D eigenvalue weighted by Crippen LogP contribution is 2.17. The Morgan fingerprint density at radius 1 is 0.784 bits per heavy atom. The van der Waals surface area contributed by atoms with Crippen molar-refractivity contribution < 1.29 is 22.7 Å². The third kappa shape index (κ3) is 6.89. The molecule has 0 bridgehead atoms. The third-order valence-corrected chi connectivity index (χ3v) is 6.61. The maximum atomic E-state index is 12.5. The van der Waals surface area contributed by atoms with Gasteiger partial charge < -0.3 is 4.74 Å². The average molecular weight is 514 g/mol. The van der Waals surface area contributed by atoms with Crippen LogP contribution in [0.2, 0.25) is 0 Å². The van der Waals surface area contributed by atoms with Crippen molar-refractivity contribution in [2.45, 2.75) is 11.8 Å². The zero-order chi connectivity index (χ0) is 26.3. The van der Waals surface area contributed by atoms with E-state index in [1.165, 1.54) is 42.6 Å². The van der Waals surface area contributed by atoms with Gasteiger partial charge in [0.05, 0.1) is 16.7 Å². The second-order valence-electron chi connectivity index (χ2n) is 8.02. The molecule has 0 atom stereocenters. The summed E-state index contributed by atoms with van der Waals surface area (Å²) in [7, 11) is -3.73. The summed E-state index contributed by atoms with van der Waals surface area (Å²) in [6.45, 7) is 1.87. The lowest BCUT2D eigenvalue weighted by atomic mass is 10.2. The van der Waals surface area contributed by atoms with Crippen molar-refractivity contribution in [1.29, 1.82) is 0 Å². The molecule has 1 amide bonds. The lowest BCUT2D eigenvalue weighted by Gasteiger charge is -2.09. The molecule has 2 N–H and O–H groups in total. The topological polar surface area (TPSA) is 114 Å². The first-order chi connectivity index (χ1) is 17.8. The summed E-state index contributed by atoms with van der Waals surface area (Å²) >= 11 is 0. The number of nitrogens with one attached hydrogen (secondary N) is 2. The second-order valence-corrected chi connectivity index (χ2v) is 9.70. The number of anilines is 1. The third-order valence-electron chi connectivity index (χ3n) is 5.21. The van der Waals surface area contributed by atoms with Gasteiger partial charge in [-0.25, -0.2) is 18.6 Å². The number of rotatable bonds is 8. The normalized spacial score (nSPS) is 11.2. The molecule has 0 aliphatic heterocycles. The minimum Gasteiger partial charge on any atom is -0.423 e. The number of hydrogen-bond acceptors (Lipinski definition) is 6. The summed E-state index contributed by atoms with van der Waals surface area (Å²) in [5.41, 5.74) is 5.14. The van der Waals surface area contributed by atoms with Crippen molar-refractivity contribution in [2.75, 3.05) is 4.72 Å². The number of ether oxygens (including phenoxy) is 1. The zero-order valence-corrected chi connectivity index (χ0v) is 20.6. The molecule has 0 saturated heterocycles. The molecule has 0 fully saturated rings. The van der Waals surface area contributed by atoms with E-state index in [0.717, 1.165) is 5.56 Å².